The molecule has 0 atom stereocenters. The maximum absolute atomic E-state index is 6.10. The Morgan fingerprint density at radius 3 is 2.76 bits per heavy atom. The van der Waals surface area contributed by atoms with E-state index in [1.807, 2.05) is 36.4 Å². The lowest BCUT2D eigenvalue weighted by Crippen LogP contribution is -1.98. The van der Waals surface area contributed by atoms with E-state index in [4.69, 9.17) is 16.3 Å². The number of aromatic nitrogens is 1. The number of halogens is 1. The molecule has 17 heavy (non-hydrogen) atoms. The average molecular weight is 266 g/mol. The third kappa shape index (κ3) is 3.38. The van der Waals surface area contributed by atoms with Crippen molar-refractivity contribution in [2.24, 2.45) is 0 Å². The molecular formula is C13H12ClNOS. The maximum atomic E-state index is 6.10. The Labute approximate surface area is 111 Å². The molecule has 1 heterocycles. The highest BCUT2D eigenvalue weighted by Crippen LogP contribution is 2.26. The van der Waals surface area contributed by atoms with Crippen molar-refractivity contribution >= 4 is 24.2 Å². The van der Waals surface area contributed by atoms with Crippen LogP contribution in [0.15, 0.2) is 42.6 Å². The number of hydrogen-bond acceptors (Lipinski definition) is 3. The van der Waals surface area contributed by atoms with Crippen LogP contribution in [0, 0.1) is 0 Å². The van der Waals surface area contributed by atoms with E-state index < -0.39 is 0 Å². The van der Waals surface area contributed by atoms with E-state index in [2.05, 4.69) is 17.6 Å². The van der Waals surface area contributed by atoms with E-state index in [0.717, 1.165) is 11.3 Å². The van der Waals surface area contributed by atoms with Gasteiger partial charge in [-0.15, -0.1) is 0 Å². The van der Waals surface area contributed by atoms with Gasteiger partial charge in [-0.2, -0.15) is 12.6 Å². The monoisotopic (exact) mass is 265 g/mol. The highest BCUT2D eigenvalue weighted by Gasteiger charge is 2.03. The zero-order chi connectivity index (χ0) is 12.1. The third-order valence-electron chi connectivity index (χ3n) is 2.28. The van der Waals surface area contributed by atoms with Crippen LogP contribution >= 0.6 is 24.2 Å². The number of pyridine rings is 1. The Morgan fingerprint density at radius 1 is 1.24 bits per heavy atom. The van der Waals surface area contributed by atoms with Crippen LogP contribution in [0.25, 0.3) is 0 Å². The number of hydrogen-bond donors (Lipinski definition) is 1. The van der Waals surface area contributed by atoms with E-state index in [-0.39, 0.29) is 0 Å². The molecule has 1 aromatic heterocycles. The summed E-state index contributed by atoms with van der Waals surface area (Å²) < 4.78 is 5.60. The maximum Gasteiger partial charge on any atom is 0.138 e. The van der Waals surface area contributed by atoms with Gasteiger partial charge in [-0.3, -0.25) is 4.98 Å². The van der Waals surface area contributed by atoms with Gasteiger partial charge >= 0.3 is 0 Å². The second kappa shape index (κ2) is 5.94. The van der Waals surface area contributed by atoms with Gasteiger partial charge in [-0.05, 0) is 29.8 Å². The standard InChI is InChI=1S/C13H12ClNOS/c14-12-7-10(9-17)4-5-13(12)16-8-11-3-1-2-6-15-11/h1-7,17H,8-9H2. The first-order chi connectivity index (χ1) is 8.29. The molecule has 0 fully saturated rings. The smallest absolute Gasteiger partial charge is 0.138 e. The molecule has 0 saturated carbocycles. The van der Waals surface area contributed by atoms with Crippen molar-refractivity contribution in [2.75, 3.05) is 0 Å². The number of ether oxygens (including phenoxy) is 1. The van der Waals surface area contributed by atoms with Crippen LogP contribution in [0.5, 0.6) is 5.75 Å². The third-order valence-corrected chi connectivity index (χ3v) is 2.94. The van der Waals surface area contributed by atoms with Crippen molar-refractivity contribution in [3.8, 4) is 5.75 Å². The zero-order valence-corrected chi connectivity index (χ0v) is 10.8. The number of benzene rings is 1. The fourth-order valence-corrected chi connectivity index (χ4v) is 1.85. The van der Waals surface area contributed by atoms with Gasteiger partial charge in [0.1, 0.15) is 12.4 Å². The Morgan fingerprint density at radius 2 is 2.12 bits per heavy atom. The summed E-state index contributed by atoms with van der Waals surface area (Å²) in [5.74, 6) is 1.34. The molecule has 0 unspecified atom stereocenters. The zero-order valence-electron chi connectivity index (χ0n) is 9.14. The minimum absolute atomic E-state index is 0.417. The molecule has 4 heteroatoms. The van der Waals surface area contributed by atoms with Crippen molar-refractivity contribution in [3.05, 3.63) is 58.9 Å². The van der Waals surface area contributed by atoms with Crippen molar-refractivity contribution in [1.29, 1.82) is 0 Å². The summed E-state index contributed by atoms with van der Waals surface area (Å²) in [6.45, 7) is 0.417. The predicted octanol–water partition coefficient (Wildman–Crippen LogP) is 3.74. The van der Waals surface area contributed by atoms with Gasteiger partial charge < -0.3 is 4.74 Å². The van der Waals surface area contributed by atoms with E-state index in [0.29, 0.717) is 23.1 Å². The molecule has 0 amide bonds. The van der Waals surface area contributed by atoms with Gasteiger partial charge in [0.25, 0.3) is 0 Å². The second-order valence-corrected chi connectivity index (χ2v) is 4.26. The number of nitrogens with zero attached hydrogens (tertiary/aromatic N) is 1. The molecule has 0 aliphatic heterocycles. The topological polar surface area (TPSA) is 22.1 Å². The van der Waals surface area contributed by atoms with E-state index in [1.54, 1.807) is 6.20 Å². The van der Waals surface area contributed by atoms with E-state index in [9.17, 15) is 0 Å². The molecule has 1 aromatic carbocycles. The van der Waals surface area contributed by atoms with Crippen molar-refractivity contribution in [2.45, 2.75) is 12.4 Å². The van der Waals surface area contributed by atoms with Crippen molar-refractivity contribution in [1.82, 2.24) is 4.98 Å². The summed E-state index contributed by atoms with van der Waals surface area (Å²) in [6, 6.07) is 11.4. The van der Waals surface area contributed by atoms with Crippen LogP contribution in [0.4, 0.5) is 0 Å². The van der Waals surface area contributed by atoms with Crippen LogP contribution in [0.1, 0.15) is 11.3 Å². The molecule has 0 spiro atoms. The summed E-state index contributed by atoms with van der Waals surface area (Å²) in [7, 11) is 0. The number of thiol groups is 1. The Balaban J connectivity index is 2.04. The molecule has 2 aromatic rings. The molecule has 2 rings (SSSR count). The lowest BCUT2D eigenvalue weighted by atomic mass is 10.2. The van der Waals surface area contributed by atoms with Crippen molar-refractivity contribution in [3.63, 3.8) is 0 Å². The fraction of sp³-hybridized carbons (Fsp3) is 0.154. The number of rotatable bonds is 4. The van der Waals surface area contributed by atoms with E-state index in [1.165, 1.54) is 0 Å². The SMILES string of the molecule is SCc1ccc(OCc2ccccn2)c(Cl)c1. The molecule has 0 radical (unpaired) electrons. The minimum Gasteiger partial charge on any atom is -0.486 e. The fourth-order valence-electron chi connectivity index (χ4n) is 1.39. The predicted molar refractivity (Wildman–Crippen MR) is 72.7 cm³/mol. The summed E-state index contributed by atoms with van der Waals surface area (Å²) >= 11 is 10.3. The Kier molecular flexibility index (Phi) is 4.29. The summed E-state index contributed by atoms with van der Waals surface area (Å²) in [5.41, 5.74) is 1.95. The highest BCUT2D eigenvalue weighted by molar-refractivity contribution is 7.79. The molecule has 0 aliphatic carbocycles. The molecule has 0 saturated heterocycles. The van der Waals surface area contributed by atoms with Gasteiger partial charge in [0.2, 0.25) is 0 Å². The lowest BCUT2D eigenvalue weighted by molar-refractivity contribution is 0.301. The van der Waals surface area contributed by atoms with Gasteiger partial charge in [0, 0.05) is 11.9 Å². The largest absolute Gasteiger partial charge is 0.486 e. The first-order valence-electron chi connectivity index (χ1n) is 5.21. The first kappa shape index (κ1) is 12.3. The Bertz CT molecular complexity index is 490. The molecule has 0 bridgehead atoms. The normalized spacial score (nSPS) is 10.2. The summed E-state index contributed by atoms with van der Waals surface area (Å²) in [4.78, 5) is 4.18. The van der Waals surface area contributed by atoms with Gasteiger partial charge in [0.15, 0.2) is 0 Å². The Hall–Kier alpha value is -1.19. The van der Waals surface area contributed by atoms with Crippen LogP contribution in [-0.4, -0.2) is 4.98 Å². The van der Waals surface area contributed by atoms with Crippen LogP contribution in [0.2, 0.25) is 5.02 Å². The molecular weight excluding hydrogens is 254 g/mol. The second-order valence-electron chi connectivity index (χ2n) is 3.53. The minimum atomic E-state index is 0.417. The van der Waals surface area contributed by atoms with Gasteiger partial charge in [-0.25, -0.2) is 0 Å². The molecule has 88 valence electrons. The van der Waals surface area contributed by atoms with Crippen molar-refractivity contribution < 1.29 is 4.74 Å². The molecule has 0 N–H and O–H groups in total. The van der Waals surface area contributed by atoms with Gasteiger partial charge in [0.05, 0.1) is 10.7 Å². The van der Waals surface area contributed by atoms with Crippen LogP contribution in [-0.2, 0) is 12.4 Å². The molecule has 2 nitrogen and oxygen atoms in total. The quantitative estimate of drug-likeness (QED) is 0.851. The van der Waals surface area contributed by atoms with Gasteiger partial charge in [-0.1, -0.05) is 23.7 Å². The lowest BCUT2D eigenvalue weighted by Gasteiger charge is -2.08. The highest BCUT2D eigenvalue weighted by atomic mass is 35.5. The summed E-state index contributed by atoms with van der Waals surface area (Å²) in [5, 5.41) is 0.604. The van der Waals surface area contributed by atoms with Crippen LogP contribution in [0.3, 0.4) is 0 Å². The van der Waals surface area contributed by atoms with Crippen LogP contribution < -0.4 is 4.74 Å². The molecule has 0 aliphatic rings. The van der Waals surface area contributed by atoms with E-state index >= 15 is 0 Å². The average Bonchev–Trinajstić information content (AvgIpc) is 2.38. The summed E-state index contributed by atoms with van der Waals surface area (Å²) in [6.07, 6.45) is 1.74. The first-order valence-corrected chi connectivity index (χ1v) is 6.22.